The van der Waals surface area contributed by atoms with Gasteiger partial charge in [-0.15, -0.1) is 0 Å². The van der Waals surface area contributed by atoms with Gasteiger partial charge in [0.15, 0.2) is 11.5 Å². The SMILES string of the molecule is COC[C@H](NC(=O)c1cc(C)on1)C(=O)NCC(=O)N[C@@H](Cc1ccccc1F)C(=O)[C@@]1(C)CO1. The molecule has 1 aliphatic rings. The maximum Gasteiger partial charge on any atom is 0.274 e. The molecular formula is C23H27FN4O7. The monoisotopic (exact) mass is 490 g/mol. The highest BCUT2D eigenvalue weighted by molar-refractivity contribution is 5.98. The van der Waals surface area contributed by atoms with Crippen LogP contribution in [0.5, 0.6) is 0 Å². The summed E-state index contributed by atoms with van der Waals surface area (Å²) in [7, 11) is 1.35. The van der Waals surface area contributed by atoms with Crippen LogP contribution in [0.3, 0.4) is 0 Å². The Kier molecular flexibility index (Phi) is 8.30. The van der Waals surface area contributed by atoms with Gasteiger partial charge in [0.05, 0.1) is 25.8 Å². The lowest BCUT2D eigenvalue weighted by atomic mass is 9.94. The first-order valence-corrected chi connectivity index (χ1v) is 10.8. The van der Waals surface area contributed by atoms with E-state index in [-0.39, 0.29) is 30.9 Å². The number of methoxy groups -OCH3 is 1. The highest BCUT2D eigenvalue weighted by Crippen LogP contribution is 2.29. The Morgan fingerprint density at radius 1 is 1.20 bits per heavy atom. The van der Waals surface area contributed by atoms with Crippen molar-refractivity contribution in [2.75, 3.05) is 26.9 Å². The Balaban J connectivity index is 1.59. The van der Waals surface area contributed by atoms with E-state index in [4.69, 9.17) is 14.0 Å². The molecule has 1 saturated heterocycles. The molecule has 2 aromatic rings. The molecule has 0 bridgehead atoms. The predicted octanol–water partition coefficient (Wildman–Crippen LogP) is 0.0686. The smallest absolute Gasteiger partial charge is 0.274 e. The fraction of sp³-hybridized carbons (Fsp3) is 0.435. The fourth-order valence-electron chi connectivity index (χ4n) is 3.30. The lowest BCUT2D eigenvalue weighted by Gasteiger charge is -2.21. The van der Waals surface area contributed by atoms with Crippen molar-refractivity contribution in [3.8, 4) is 0 Å². The summed E-state index contributed by atoms with van der Waals surface area (Å²) < 4.78 is 29.2. The third kappa shape index (κ3) is 6.93. The van der Waals surface area contributed by atoms with Gasteiger partial charge in [-0.3, -0.25) is 19.2 Å². The zero-order valence-corrected chi connectivity index (χ0v) is 19.6. The molecule has 3 rings (SSSR count). The molecule has 1 aromatic heterocycles. The second kappa shape index (κ2) is 11.2. The molecule has 0 radical (unpaired) electrons. The number of halogens is 1. The van der Waals surface area contributed by atoms with Crippen LogP contribution in [0.25, 0.3) is 0 Å². The average molecular weight is 490 g/mol. The van der Waals surface area contributed by atoms with Gasteiger partial charge in [0.1, 0.15) is 23.2 Å². The van der Waals surface area contributed by atoms with Gasteiger partial charge in [-0.25, -0.2) is 4.39 Å². The van der Waals surface area contributed by atoms with Crippen LogP contribution in [-0.2, 0) is 30.3 Å². The van der Waals surface area contributed by atoms with Gasteiger partial charge in [-0.2, -0.15) is 0 Å². The first kappa shape index (κ1) is 26.0. The molecule has 0 saturated carbocycles. The number of hydrogen-bond acceptors (Lipinski definition) is 8. The van der Waals surface area contributed by atoms with Crippen molar-refractivity contribution >= 4 is 23.5 Å². The Morgan fingerprint density at radius 2 is 1.91 bits per heavy atom. The average Bonchev–Trinajstić information content (AvgIpc) is 3.43. The number of ether oxygens (including phenoxy) is 2. The third-order valence-corrected chi connectivity index (χ3v) is 5.37. The molecule has 3 amide bonds. The van der Waals surface area contributed by atoms with E-state index in [9.17, 15) is 23.6 Å². The van der Waals surface area contributed by atoms with Gasteiger partial charge >= 0.3 is 0 Å². The zero-order chi connectivity index (χ0) is 25.6. The molecule has 2 heterocycles. The summed E-state index contributed by atoms with van der Waals surface area (Å²) in [6.45, 7) is 2.75. The number of aromatic nitrogens is 1. The maximum atomic E-state index is 14.1. The van der Waals surface area contributed by atoms with Gasteiger partial charge in [0.2, 0.25) is 11.8 Å². The van der Waals surface area contributed by atoms with Gasteiger partial charge < -0.3 is 29.9 Å². The Hall–Kier alpha value is -3.64. The maximum absolute atomic E-state index is 14.1. The number of benzene rings is 1. The van der Waals surface area contributed by atoms with Gasteiger partial charge in [0, 0.05) is 19.6 Å². The Morgan fingerprint density at radius 3 is 2.51 bits per heavy atom. The van der Waals surface area contributed by atoms with Crippen molar-refractivity contribution in [3.63, 3.8) is 0 Å². The van der Waals surface area contributed by atoms with Crippen LogP contribution in [0.4, 0.5) is 4.39 Å². The minimum absolute atomic E-state index is 0.0144. The molecule has 0 aliphatic carbocycles. The van der Waals surface area contributed by atoms with Crippen LogP contribution in [0.15, 0.2) is 34.9 Å². The van der Waals surface area contributed by atoms with Crippen molar-refractivity contribution in [1.29, 1.82) is 0 Å². The van der Waals surface area contributed by atoms with Crippen molar-refractivity contribution in [2.24, 2.45) is 0 Å². The molecule has 3 N–H and O–H groups in total. The van der Waals surface area contributed by atoms with Crippen molar-refractivity contribution < 1.29 is 37.6 Å². The first-order valence-electron chi connectivity index (χ1n) is 10.8. The molecule has 0 spiro atoms. The van der Waals surface area contributed by atoms with E-state index in [1.165, 1.54) is 31.4 Å². The van der Waals surface area contributed by atoms with Crippen LogP contribution in [-0.4, -0.2) is 73.2 Å². The summed E-state index contributed by atoms with van der Waals surface area (Å²) in [5.74, 6) is -2.50. The standard InChI is InChI=1S/C23H27FN4O7/c1-13-8-17(28-35-13)22(32)27-18(11-33-3)21(31)25-10-19(29)26-16(20(30)23(2)12-34-23)9-14-6-4-5-7-15(14)24/h4-8,16,18H,9-12H2,1-3H3,(H,25,31)(H,26,29)(H,27,32)/t16-,18-,23+/m0/s1. The van der Waals surface area contributed by atoms with Crippen LogP contribution >= 0.6 is 0 Å². The number of nitrogens with one attached hydrogen (secondary N) is 3. The summed E-state index contributed by atoms with van der Waals surface area (Å²) in [5.41, 5.74) is -0.801. The minimum atomic E-state index is -1.12. The number of epoxide rings is 1. The van der Waals surface area contributed by atoms with Crippen LogP contribution in [0.2, 0.25) is 0 Å². The largest absolute Gasteiger partial charge is 0.382 e. The van der Waals surface area contributed by atoms with E-state index in [1.54, 1.807) is 19.9 Å². The van der Waals surface area contributed by atoms with E-state index in [1.807, 2.05) is 0 Å². The minimum Gasteiger partial charge on any atom is -0.382 e. The summed E-state index contributed by atoms with van der Waals surface area (Å²) in [5, 5.41) is 11.0. The quantitative estimate of drug-likeness (QED) is 0.354. The molecule has 1 fully saturated rings. The number of ketones is 1. The van der Waals surface area contributed by atoms with Crippen LogP contribution < -0.4 is 16.0 Å². The second-order valence-electron chi connectivity index (χ2n) is 8.32. The number of rotatable bonds is 12. The van der Waals surface area contributed by atoms with Crippen molar-refractivity contribution in [3.05, 3.63) is 53.2 Å². The van der Waals surface area contributed by atoms with Gasteiger partial charge in [-0.1, -0.05) is 23.4 Å². The summed E-state index contributed by atoms with van der Waals surface area (Å²) in [6.07, 6.45) is -0.0797. The lowest BCUT2D eigenvalue weighted by molar-refractivity contribution is -0.131. The highest BCUT2D eigenvalue weighted by atomic mass is 19.1. The third-order valence-electron chi connectivity index (χ3n) is 5.37. The summed E-state index contributed by atoms with van der Waals surface area (Å²) in [6, 6.07) is 5.16. The van der Waals surface area contributed by atoms with Crippen LogP contribution in [0, 0.1) is 12.7 Å². The zero-order valence-electron chi connectivity index (χ0n) is 19.6. The summed E-state index contributed by atoms with van der Waals surface area (Å²) in [4.78, 5) is 50.2. The number of nitrogens with zero attached hydrogens (tertiary/aromatic N) is 1. The molecule has 3 atom stereocenters. The highest BCUT2D eigenvalue weighted by Gasteiger charge is 2.50. The molecule has 188 valence electrons. The fourth-order valence-corrected chi connectivity index (χ4v) is 3.30. The molecule has 1 aromatic carbocycles. The normalized spacial score (nSPS) is 18.3. The number of carbonyl (C=O) groups excluding carboxylic acids is 4. The van der Waals surface area contributed by atoms with Crippen molar-refractivity contribution in [1.82, 2.24) is 21.1 Å². The number of carbonyl (C=O) groups is 4. The molecule has 0 unspecified atom stereocenters. The van der Waals surface area contributed by atoms with Crippen molar-refractivity contribution in [2.45, 2.75) is 38.0 Å². The molecule has 11 nitrogen and oxygen atoms in total. The lowest BCUT2D eigenvalue weighted by Crippen LogP contribution is -2.53. The molecule has 12 heteroatoms. The molecular weight excluding hydrogens is 463 g/mol. The predicted molar refractivity (Wildman–Crippen MR) is 119 cm³/mol. The van der Waals surface area contributed by atoms with E-state index in [0.29, 0.717) is 5.76 Å². The van der Waals surface area contributed by atoms with Gasteiger partial charge in [-0.05, 0) is 25.5 Å². The van der Waals surface area contributed by atoms with E-state index >= 15 is 0 Å². The Labute approximate surface area is 200 Å². The number of Topliss-reactive ketones (excluding diaryl/α,β-unsaturated/α-hetero) is 1. The summed E-state index contributed by atoms with van der Waals surface area (Å²) >= 11 is 0. The van der Waals surface area contributed by atoms with Gasteiger partial charge in [0.25, 0.3) is 5.91 Å². The first-order chi connectivity index (χ1) is 16.6. The van der Waals surface area contributed by atoms with E-state index in [0.717, 1.165) is 0 Å². The number of amides is 3. The topological polar surface area (TPSA) is 152 Å². The second-order valence-corrected chi connectivity index (χ2v) is 8.32. The van der Waals surface area contributed by atoms with E-state index < -0.39 is 53.6 Å². The number of aryl methyl sites for hydroxylation is 1. The molecule has 35 heavy (non-hydrogen) atoms. The molecule has 1 aliphatic heterocycles. The van der Waals surface area contributed by atoms with Crippen LogP contribution in [0.1, 0.15) is 28.7 Å². The Bertz CT molecular complexity index is 1100. The number of hydrogen-bond donors (Lipinski definition) is 3. The van der Waals surface area contributed by atoms with E-state index in [2.05, 4.69) is 21.1 Å².